The predicted molar refractivity (Wildman–Crippen MR) is 61.1 cm³/mol. The number of aryl methyl sites for hydroxylation is 2. The molecule has 3 heteroatoms. The standard InChI is InChI=1S/C12H21NO2/c1-5-14-7-6-13-10(3)12-8-9(2)15-11(12)4/h8,10,13H,5-7H2,1-4H3. The minimum Gasteiger partial charge on any atom is -0.466 e. The first-order valence-electron chi connectivity index (χ1n) is 5.53. The Bertz CT molecular complexity index is 294. The minimum atomic E-state index is 0.322. The molecule has 0 aliphatic heterocycles. The van der Waals surface area contributed by atoms with Crippen molar-refractivity contribution in [3.05, 3.63) is 23.2 Å². The van der Waals surface area contributed by atoms with Crippen molar-refractivity contribution in [1.29, 1.82) is 0 Å². The van der Waals surface area contributed by atoms with Gasteiger partial charge in [-0.2, -0.15) is 0 Å². The zero-order chi connectivity index (χ0) is 11.3. The summed E-state index contributed by atoms with van der Waals surface area (Å²) in [4.78, 5) is 0. The summed E-state index contributed by atoms with van der Waals surface area (Å²) < 4.78 is 10.8. The van der Waals surface area contributed by atoms with Gasteiger partial charge in [-0.05, 0) is 33.8 Å². The van der Waals surface area contributed by atoms with E-state index < -0.39 is 0 Å². The number of nitrogens with one attached hydrogen (secondary N) is 1. The van der Waals surface area contributed by atoms with Crippen LogP contribution in [0, 0.1) is 13.8 Å². The summed E-state index contributed by atoms with van der Waals surface area (Å²) in [6.45, 7) is 10.5. The number of ether oxygens (including phenoxy) is 1. The van der Waals surface area contributed by atoms with E-state index in [0.29, 0.717) is 6.04 Å². The third-order valence-corrected chi connectivity index (χ3v) is 2.45. The molecule has 0 saturated heterocycles. The van der Waals surface area contributed by atoms with Crippen LogP contribution in [0.4, 0.5) is 0 Å². The van der Waals surface area contributed by atoms with E-state index in [2.05, 4.69) is 18.3 Å². The van der Waals surface area contributed by atoms with E-state index in [0.717, 1.165) is 31.3 Å². The first-order valence-corrected chi connectivity index (χ1v) is 5.53. The normalized spacial score (nSPS) is 13.1. The van der Waals surface area contributed by atoms with Gasteiger partial charge in [0.1, 0.15) is 11.5 Å². The fourth-order valence-electron chi connectivity index (χ4n) is 1.68. The van der Waals surface area contributed by atoms with Gasteiger partial charge in [-0.25, -0.2) is 0 Å². The van der Waals surface area contributed by atoms with Crippen LogP contribution in [0.25, 0.3) is 0 Å². The van der Waals surface area contributed by atoms with E-state index in [4.69, 9.17) is 9.15 Å². The molecule has 0 amide bonds. The van der Waals surface area contributed by atoms with Gasteiger partial charge in [0, 0.05) is 24.8 Å². The van der Waals surface area contributed by atoms with Gasteiger partial charge < -0.3 is 14.5 Å². The van der Waals surface area contributed by atoms with Crippen LogP contribution < -0.4 is 5.32 Å². The lowest BCUT2D eigenvalue weighted by molar-refractivity contribution is 0.147. The molecule has 1 aromatic rings. The van der Waals surface area contributed by atoms with Crippen LogP contribution in [0.1, 0.15) is 37.0 Å². The lowest BCUT2D eigenvalue weighted by atomic mass is 10.1. The van der Waals surface area contributed by atoms with Crippen molar-refractivity contribution < 1.29 is 9.15 Å². The average molecular weight is 211 g/mol. The summed E-state index contributed by atoms with van der Waals surface area (Å²) in [5.74, 6) is 1.98. The first-order chi connectivity index (χ1) is 7.15. The second-order valence-corrected chi connectivity index (χ2v) is 3.74. The van der Waals surface area contributed by atoms with Gasteiger partial charge in [-0.15, -0.1) is 0 Å². The van der Waals surface area contributed by atoms with Gasteiger partial charge in [0.25, 0.3) is 0 Å². The molecule has 0 radical (unpaired) electrons. The Hall–Kier alpha value is -0.800. The van der Waals surface area contributed by atoms with Gasteiger partial charge in [0.05, 0.1) is 6.61 Å². The number of rotatable bonds is 6. The van der Waals surface area contributed by atoms with E-state index in [1.165, 1.54) is 5.56 Å². The molecule has 0 fully saturated rings. The summed E-state index contributed by atoms with van der Waals surface area (Å²) in [6, 6.07) is 2.41. The quantitative estimate of drug-likeness (QED) is 0.734. The van der Waals surface area contributed by atoms with Crippen LogP contribution in [-0.4, -0.2) is 19.8 Å². The topological polar surface area (TPSA) is 34.4 Å². The molecule has 0 spiro atoms. The molecular formula is C12H21NO2. The Morgan fingerprint density at radius 3 is 2.73 bits per heavy atom. The highest BCUT2D eigenvalue weighted by molar-refractivity contribution is 5.23. The molecule has 0 aliphatic carbocycles. The molecule has 1 aromatic heterocycles. The highest BCUT2D eigenvalue weighted by Gasteiger charge is 2.11. The monoisotopic (exact) mass is 211 g/mol. The van der Waals surface area contributed by atoms with Gasteiger partial charge in [0.15, 0.2) is 0 Å². The third kappa shape index (κ3) is 3.68. The average Bonchev–Trinajstić information content (AvgIpc) is 2.52. The molecule has 0 aliphatic rings. The van der Waals surface area contributed by atoms with Crippen LogP contribution >= 0.6 is 0 Å². The van der Waals surface area contributed by atoms with Crippen molar-refractivity contribution in [3.63, 3.8) is 0 Å². The molecule has 1 N–H and O–H groups in total. The van der Waals surface area contributed by atoms with Gasteiger partial charge in [-0.3, -0.25) is 0 Å². The summed E-state index contributed by atoms with van der Waals surface area (Å²) in [5, 5.41) is 3.40. The summed E-state index contributed by atoms with van der Waals surface area (Å²) in [7, 11) is 0. The molecule has 0 saturated carbocycles. The van der Waals surface area contributed by atoms with Gasteiger partial charge >= 0.3 is 0 Å². The highest BCUT2D eigenvalue weighted by Crippen LogP contribution is 2.20. The van der Waals surface area contributed by atoms with Crippen LogP contribution in [-0.2, 0) is 4.74 Å². The fraction of sp³-hybridized carbons (Fsp3) is 0.667. The molecule has 1 unspecified atom stereocenters. The van der Waals surface area contributed by atoms with Crippen molar-refractivity contribution >= 4 is 0 Å². The van der Waals surface area contributed by atoms with Crippen molar-refractivity contribution in [1.82, 2.24) is 5.32 Å². The van der Waals surface area contributed by atoms with Gasteiger partial charge in [0.2, 0.25) is 0 Å². The molecule has 1 rings (SSSR count). The van der Waals surface area contributed by atoms with Crippen molar-refractivity contribution in [3.8, 4) is 0 Å². The van der Waals surface area contributed by atoms with E-state index in [1.54, 1.807) is 0 Å². The molecule has 86 valence electrons. The van der Waals surface area contributed by atoms with Crippen LogP contribution in [0.5, 0.6) is 0 Å². The smallest absolute Gasteiger partial charge is 0.105 e. The largest absolute Gasteiger partial charge is 0.466 e. The molecule has 15 heavy (non-hydrogen) atoms. The van der Waals surface area contributed by atoms with E-state index >= 15 is 0 Å². The maximum Gasteiger partial charge on any atom is 0.105 e. The first kappa shape index (κ1) is 12.3. The zero-order valence-electron chi connectivity index (χ0n) is 10.1. The van der Waals surface area contributed by atoms with E-state index in [9.17, 15) is 0 Å². The van der Waals surface area contributed by atoms with Crippen LogP contribution in [0.2, 0.25) is 0 Å². The molecular weight excluding hydrogens is 190 g/mol. The second kappa shape index (κ2) is 5.93. The minimum absolute atomic E-state index is 0.322. The fourth-order valence-corrected chi connectivity index (χ4v) is 1.68. The zero-order valence-corrected chi connectivity index (χ0v) is 10.1. The lowest BCUT2D eigenvalue weighted by Crippen LogP contribution is -2.23. The molecule has 0 bridgehead atoms. The predicted octanol–water partition coefficient (Wildman–Crippen LogP) is 2.58. The Balaban J connectivity index is 2.39. The van der Waals surface area contributed by atoms with Crippen molar-refractivity contribution in [2.75, 3.05) is 19.8 Å². The van der Waals surface area contributed by atoms with Crippen molar-refractivity contribution in [2.24, 2.45) is 0 Å². The second-order valence-electron chi connectivity index (χ2n) is 3.74. The lowest BCUT2D eigenvalue weighted by Gasteiger charge is -2.12. The van der Waals surface area contributed by atoms with E-state index in [-0.39, 0.29) is 0 Å². The van der Waals surface area contributed by atoms with Gasteiger partial charge in [-0.1, -0.05) is 0 Å². The SMILES string of the molecule is CCOCCNC(C)c1cc(C)oc1C. The Labute approximate surface area is 91.8 Å². The summed E-state index contributed by atoms with van der Waals surface area (Å²) >= 11 is 0. The number of furan rings is 1. The Morgan fingerprint density at radius 2 is 2.20 bits per heavy atom. The Kier molecular flexibility index (Phi) is 4.85. The maximum atomic E-state index is 5.49. The maximum absolute atomic E-state index is 5.49. The van der Waals surface area contributed by atoms with Crippen LogP contribution in [0.15, 0.2) is 10.5 Å². The summed E-state index contributed by atoms with van der Waals surface area (Å²) in [5.41, 5.74) is 1.24. The Morgan fingerprint density at radius 1 is 1.47 bits per heavy atom. The number of hydrogen-bond acceptors (Lipinski definition) is 3. The highest BCUT2D eigenvalue weighted by atomic mass is 16.5. The molecule has 1 atom stereocenters. The molecule has 1 heterocycles. The molecule has 0 aromatic carbocycles. The summed E-state index contributed by atoms with van der Waals surface area (Å²) in [6.07, 6.45) is 0. The van der Waals surface area contributed by atoms with E-state index in [1.807, 2.05) is 20.8 Å². The number of hydrogen-bond donors (Lipinski definition) is 1. The van der Waals surface area contributed by atoms with Crippen molar-refractivity contribution in [2.45, 2.75) is 33.7 Å². The third-order valence-electron chi connectivity index (χ3n) is 2.45. The molecule has 3 nitrogen and oxygen atoms in total. The van der Waals surface area contributed by atoms with Crippen LogP contribution in [0.3, 0.4) is 0 Å².